The van der Waals surface area contributed by atoms with Gasteiger partial charge in [0.2, 0.25) is 0 Å². The number of nitrogens with one attached hydrogen (secondary N) is 2. The number of hydrogen-bond acceptors (Lipinski definition) is 2. The SMILES string of the molecule is CN=C(NCc1cn2ccccc2n1)NC(C)C(C)C. The summed E-state index contributed by atoms with van der Waals surface area (Å²) in [5, 5.41) is 6.67. The Labute approximate surface area is 120 Å². The van der Waals surface area contributed by atoms with Crippen molar-refractivity contribution < 1.29 is 0 Å². The quantitative estimate of drug-likeness (QED) is 0.662. The van der Waals surface area contributed by atoms with Gasteiger partial charge in [0.05, 0.1) is 12.2 Å². The van der Waals surface area contributed by atoms with Gasteiger partial charge in [0.15, 0.2) is 5.96 Å². The molecule has 2 aromatic heterocycles. The van der Waals surface area contributed by atoms with E-state index in [1.807, 2.05) is 35.0 Å². The predicted octanol–water partition coefficient (Wildman–Crippen LogP) is 2.04. The number of pyridine rings is 1. The fraction of sp³-hybridized carbons (Fsp3) is 0.467. The molecule has 1 atom stereocenters. The first-order chi connectivity index (χ1) is 9.60. The van der Waals surface area contributed by atoms with Crippen molar-refractivity contribution in [1.82, 2.24) is 20.0 Å². The third-order valence-corrected chi connectivity index (χ3v) is 3.44. The highest BCUT2D eigenvalue weighted by Crippen LogP contribution is 2.04. The van der Waals surface area contributed by atoms with E-state index in [4.69, 9.17) is 0 Å². The van der Waals surface area contributed by atoms with Crippen LogP contribution in [0.2, 0.25) is 0 Å². The maximum Gasteiger partial charge on any atom is 0.191 e. The van der Waals surface area contributed by atoms with Crippen molar-refractivity contribution in [2.75, 3.05) is 7.05 Å². The maximum absolute atomic E-state index is 4.55. The summed E-state index contributed by atoms with van der Waals surface area (Å²) in [5.41, 5.74) is 1.96. The summed E-state index contributed by atoms with van der Waals surface area (Å²) in [5.74, 6) is 1.37. The van der Waals surface area contributed by atoms with Crippen LogP contribution in [0.5, 0.6) is 0 Å². The zero-order valence-electron chi connectivity index (χ0n) is 12.6. The number of hydrogen-bond donors (Lipinski definition) is 2. The van der Waals surface area contributed by atoms with Gasteiger partial charge in [-0.15, -0.1) is 0 Å². The standard InChI is InChI=1S/C15H23N5/c1-11(2)12(3)18-15(16-4)17-9-13-10-20-8-6-5-7-14(20)19-13/h5-8,10-12H,9H2,1-4H3,(H2,16,17,18). The Bertz CT molecular complexity index is 552. The normalized spacial score (nSPS) is 13.8. The van der Waals surface area contributed by atoms with Crippen molar-refractivity contribution in [2.24, 2.45) is 10.9 Å². The second-order valence-corrected chi connectivity index (χ2v) is 5.30. The van der Waals surface area contributed by atoms with Crippen LogP contribution >= 0.6 is 0 Å². The molecule has 0 spiro atoms. The Kier molecular flexibility index (Phi) is 4.61. The smallest absolute Gasteiger partial charge is 0.191 e. The monoisotopic (exact) mass is 273 g/mol. The number of nitrogens with zero attached hydrogens (tertiary/aromatic N) is 3. The molecule has 2 aromatic rings. The number of guanidine groups is 1. The van der Waals surface area contributed by atoms with Crippen LogP contribution in [0.25, 0.3) is 5.65 Å². The van der Waals surface area contributed by atoms with Gasteiger partial charge < -0.3 is 15.0 Å². The zero-order valence-corrected chi connectivity index (χ0v) is 12.6. The molecule has 108 valence electrons. The molecule has 0 aliphatic heterocycles. The van der Waals surface area contributed by atoms with Crippen molar-refractivity contribution >= 4 is 11.6 Å². The minimum atomic E-state index is 0.377. The summed E-state index contributed by atoms with van der Waals surface area (Å²) >= 11 is 0. The van der Waals surface area contributed by atoms with Crippen LogP contribution in [0.15, 0.2) is 35.6 Å². The Balaban J connectivity index is 1.96. The molecule has 2 heterocycles. The number of imidazole rings is 1. The number of aliphatic imine (C=N–C) groups is 1. The van der Waals surface area contributed by atoms with Crippen molar-refractivity contribution in [1.29, 1.82) is 0 Å². The summed E-state index contributed by atoms with van der Waals surface area (Å²) in [6, 6.07) is 6.36. The van der Waals surface area contributed by atoms with Crippen LogP contribution in [-0.2, 0) is 6.54 Å². The molecule has 0 saturated carbocycles. The van der Waals surface area contributed by atoms with Gasteiger partial charge in [0.25, 0.3) is 0 Å². The third kappa shape index (κ3) is 3.50. The van der Waals surface area contributed by atoms with E-state index in [1.165, 1.54) is 0 Å². The van der Waals surface area contributed by atoms with E-state index in [0.717, 1.165) is 17.3 Å². The van der Waals surface area contributed by atoms with Gasteiger partial charge in [-0.05, 0) is 25.0 Å². The number of rotatable bonds is 4. The van der Waals surface area contributed by atoms with Crippen LogP contribution in [0.1, 0.15) is 26.5 Å². The summed E-state index contributed by atoms with van der Waals surface area (Å²) < 4.78 is 2.02. The van der Waals surface area contributed by atoms with Crippen molar-refractivity contribution in [3.05, 3.63) is 36.3 Å². The second-order valence-electron chi connectivity index (χ2n) is 5.30. The average Bonchev–Trinajstić information content (AvgIpc) is 2.85. The van der Waals surface area contributed by atoms with E-state index in [0.29, 0.717) is 18.5 Å². The molecule has 20 heavy (non-hydrogen) atoms. The number of fused-ring (bicyclic) bond motifs is 1. The van der Waals surface area contributed by atoms with Crippen molar-refractivity contribution in [3.8, 4) is 0 Å². The minimum Gasteiger partial charge on any atom is -0.354 e. The van der Waals surface area contributed by atoms with Crippen LogP contribution in [0.4, 0.5) is 0 Å². The van der Waals surface area contributed by atoms with E-state index < -0.39 is 0 Å². The fourth-order valence-corrected chi connectivity index (χ4v) is 1.82. The lowest BCUT2D eigenvalue weighted by Gasteiger charge is -2.20. The maximum atomic E-state index is 4.55. The largest absolute Gasteiger partial charge is 0.354 e. The van der Waals surface area contributed by atoms with E-state index in [1.54, 1.807) is 7.05 Å². The highest BCUT2D eigenvalue weighted by molar-refractivity contribution is 5.79. The van der Waals surface area contributed by atoms with Gasteiger partial charge in [0.1, 0.15) is 5.65 Å². The lowest BCUT2D eigenvalue weighted by Crippen LogP contribution is -2.43. The van der Waals surface area contributed by atoms with Gasteiger partial charge in [0, 0.05) is 25.5 Å². The molecule has 2 rings (SSSR count). The molecule has 0 saturated heterocycles. The molecule has 1 unspecified atom stereocenters. The third-order valence-electron chi connectivity index (χ3n) is 3.44. The first-order valence-corrected chi connectivity index (χ1v) is 7.00. The van der Waals surface area contributed by atoms with E-state index in [9.17, 15) is 0 Å². The number of aromatic nitrogens is 2. The molecule has 0 amide bonds. The predicted molar refractivity (Wildman–Crippen MR) is 82.8 cm³/mol. The second kappa shape index (κ2) is 6.41. The Hall–Kier alpha value is -2.04. The molecule has 5 nitrogen and oxygen atoms in total. The Morgan fingerprint density at radius 2 is 2.15 bits per heavy atom. The first-order valence-electron chi connectivity index (χ1n) is 7.00. The molecule has 2 N–H and O–H groups in total. The van der Waals surface area contributed by atoms with E-state index >= 15 is 0 Å². The van der Waals surface area contributed by atoms with Crippen molar-refractivity contribution in [2.45, 2.75) is 33.4 Å². The molecule has 0 aromatic carbocycles. The summed E-state index contributed by atoms with van der Waals surface area (Å²) in [6.45, 7) is 7.19. The first kappa shape index (κ1) is 14.4. The summed E-state index contributed by atoms with van der Waals surface area (Å²) in [4.78, 5) is 8.79. The highest BCUT2D eigenvalue weighted by Gasteiger charge is 2.09. The van der Waals surface area contributed by atoms with Gasteiger partial charge in [-0.25, -0.2) is 4.98 Å². The molecule has 0 aliphatic rings. The van der Waals surface area contributed by atoms with E-state index in [-0.39, 0.29) is 0 Å². The molecule has 0 bridgehead atoms. The van der Waals surface area contributed by atoms with E-state index in [2.05, 4.69) is 41.4 Å². The van der Waals surface area contributed by atoms with Gasteiger partial charge in [-0.2, -0.15) is 0 Å². The zero-order chi connectivity index (χ0) is 14.5. The van der Waals surface area contributed by atoms with Crippen LogP contribution in [0.3, 0.4) is 0 Å². The van der Waals surface area contributed by atoms with Crippen LogP contribution in [-0.4, -0.2) is 28.4 Å². The molecule has 0 aliphatic carbocycles. The summed E-state index contributed by atoms with van der Waals surface area (Å²) in [7, 11) is 1.78. The van der Waals surface area contributed by atoms with Crippen molar-refractivity contribution in [3.63, 3.8) is 0 Å². The fourth-order valence-electron chi connectivity index (χ4n) is 1.82. The lowest BCUT2D eigenvalue weighted by atomic mass is 10.1. The Morgan fingerprint density at radius 3 is 2.80 bits per heavy atom. The van der Waals surface area contributed by atoms with Crippen LogP contribution in [0, 0.1) is 5.92 Å². The molecular weight excluding hydrogens is 250 g/mol. The van der Waals surface area contributed by atoms with Crippen LogP contribution < -0.4 is 10.6 Å². The molecule has 0 radical (unpaired) electrons. The Morgan fingerprint density at radius 1 is 1.35 bits per heavy atom. The topological polar surface area (TPSA) is 53.7 Å². The highest BCUT2D eigenvalue weighted by atomic mass is 15.2. The molecule has 5 heteroatoms. The minimum absolute atomic E-state index is 0.377. The lowest BCUT2D eigenvalue weighted by molar-refractivity contribution is 0.480. The van der Waals surface area contributed by atoms with Gasteiger partial charge >= 0.3 is 0 Å². The molecule has 0 fully saturated rings. The van der Waals surface area contributed by atoms with Gasteiger partial charge in [-0.3, -0.25) is 4.99 Å². The summed E-state index contributed by atoms with van der Waals surface area (Å²) in [6.07, 6.45) is 4.03. The molecular formula is C15H23N5. The van der Waals surface area contributed by atoms with Gasteiger partial charge in [-0.1, -0.05) is 19.9 Å². The average molecular weight is 273 g/mol.